The lowest BCUT2D eigenvalue weighted by Gasteiger charge is -2.18. The minimum atomic E-state index is -5.56. The third-order valence-electron chi connectivity index (χ3n) is 1.44. The Hall–Kier alpha value is -1.33. The molecule has 0 aromatic rings. The molecule has 0 aromatic carbocycles. The van der Waals surface area contributed by atoms with E-state index in [0.717, 1.165) is 12.4 Å². The van der Waals surface area contributed by atoms with Crippen LogP contribution >= 0.6 is 7.60 Å². The van der Waals surface area contributed by atoms with Gasteiger partial charge in [0, 0.05) is 0 Å². The first-order chi connectivity index (χ1) is 9.29. The molecule has 0 aliphatic carbocycles. The van der Waals surface area contributed by atoms with E-state index in [1.165, 1.54) is 0 Å². The number of alkyl carbamates (subject to hydrolysis) is 1. The predicted molar refractivity (Wildman–Crippen MR) is 52.6 cm³/mol. The third-order valence-corrected chi connectivity index (χ3v) is 2.99. The molecule has 0 unspecified atom stereocenters. The van der Waals surface area contributed by atoms with Crippen LogP contribution < -0.4 is 5.32 Å². The van der Waals surface area contributed by atoms with Crippen molar-refractivity contribution in [2.75, 3.05) is 20.3 Å². The van der Waals surface area contributed by atoms with E-state index >= 15 is 0 Å². The number of ether oxygens (including phenoxy) is 1. The Balaban J connectivity index is 5.02. The monoisotopic (exact) mass is 347 g/mol. The normalized spacial score (nSPS) is 12.9. The smallest absolute Gasteiger partial charge is 0.419 e. The fourth-order valence-electron chi connectivity index (χ4n) is 0.678. The molecule has 0 aliphatic rings. The van der Waals surface area contributed by atoms with Gasteiger partial charge in [0.2, 0.25) is 0 Å². The molecule has 0 fully saturated rings. The van der Waals surface area contributed by atoms with Crippen molar-refractivity contribution in [2.45, 2.75) is 12.4 Å². The average molecular weight is 347 g/mol. The van der Waals surface area contributed by atoms with Crippen molar-refractivity contribution in [1.29, 1.82) is 0 Å². The van der Waals surface area contributed by atoms with Gasteiger partial charge in [0.15, 0.2) is 13.2 Å². The maximum Gasteiger partial charge on any atom is 0.419 e. The van der Waals surface area contributed by atoms with Gasteiger partial charge in [0.25, 0.3) is 0 Å². The van der Waals surface area contributed by atoms with E-state index in [1.54, 1.807) is 0 Å². The van der Waals surface area contributed by atoms with Crippen molar-refractivity contribution in [1.82, 2.24) is 5.32 Å². The molecule has 0 rings (SSSR count). The van der Waals surface area contributed by atoms with Gasteiger partial charge in [-0.05, 0) is 0 Å². The number of nitrogens with one attached hydrogen (secondary N) is 1. The highest BCUT2D eigenvalue weighted by Crippen LogP contribution is 2.50. The summed E-state index contributed by atoms with van der Waals surface area (Å²) >= 11 is 0. The van der Waals surface area contributed by atoms with Crippen LogP contribution in [0.3, 0.4) is 0 Å². The maximum absolute atomic E-state index is 11.9. The molecule has 0 spiro atoms. The highest BCUT2D eigenvalue weighted by Gasteiger charge is 2.44. The van der Waals surface area contributed by atoms with Crippen molar-refractivity contribution >= 4 is 19.3 Å². The van der Waals surface area contributed by atoms with Crippen LogP contribution in [0, 0.1) is 0 Å². The Labute approximate surface area is 113 Å². The fraction of sp³-hybridized carbons (Fsp3) is 0.714. The van der Waals surface area contributed by atoms with Gasteiger partial charge in [-0.25, -0.2) is 9.36 Å². The molecule has 2 amide bonds. The molecule has 0 saturated carbocycles. The van der Waals surface area contributed by atoms with Crippen LogP contribution in [0.15, 0.2) is 0 Å². The molecule has 7 nitrogen and oxygen atoms in total. The van der Waals surface area contributed by atoms with E-state index in [1.807, 2.05) is 0 Å². The van der Waals surface area contributed by atoms with E-state index in [-0.39, 0.29) is 0 Å². The number of alkyl halides is 6. The molecule has 21 heavy (non-hydrogen) atoms. The number of carbonyl (C=O) groups excluding carboxylic acids is 2. The Morgan fingerprint density at radius 1 is 1.00 bits per heavy atom. The molecule has 0 aromatic heterocycles. The average Bonchev–Trinajstić information content (AvgIpc) is 2.31. The minimum absolute atomic E-state index is 0.737. The van der Waals surface area contributed by atoms with Gasteiger partial charge in [0.05, 0.1) is 7.11 Å². The zero-order valence-corrected chi connectivity index (χ0v) is 11.0. The topological polar surface area (TPSA) is 90.9 Å². The fourth-order valence-corrected chi connectivity index (χ4v) is 1.85. The lowest BCUT2D eigenvalue weighted by Crippen LogP contribution is -2.32. The number of hydrogen-bond donors (Lipinski definition) is 1. The van der Waals surface area contributed by atoms with Crippen molar-refractivity contribution in [3.63, 3.8) is 0 Å². The first kappa shape index (κ1) is 19.7. The number of methoxy groups -OCH3 is 1. The number of amides is 2. The molecule has 0 atom stereocenters. The molecule has 0 heterocycles. The number of halogens is 6. The largest absolute Gasteiger partial charge is 0.453 e. The molecule has 1 N–H and O–H groups in total. The maximum atomic E-state index is 11.9. The van der Waals surface area contributed by atoms with E-state index in [4.69, 9.17) is 0 Å². The standard InChI is InChI=1S/C7H8F6NO6P/c1-18-4(15)14-5(16)21(17,19-2-6(8,9)10)20-3-7(11,12)13/h2-3H2,1H3,(H,14,15,16). The molecule has 14 heteroatoms. The second-order valence-electron chi connectivity index (χ2n) is 3.20. The SMILES string of the molecule is COC(=O)NC(=O)P(=O)(OCC(F)(F)F)OCC(F)(F)F. The number of rotatable bonds is 5. The first-order valence-electron chi connectivity index (χ1n) is 4.71. The summed E-state index contributed by atoms with van der Waals surface area (Å²) in [5.74, 6) is 0. The van der Waals surface area contributed by atoms with Crippen LogP contribution in [0.4, 0.5) is 35.9 Å². The van der Waals surface area contributed by atoms with Crippen molar-refractivity contribution in [3.05, 3.63) is 0 Å². The predicted octanol–water partition coefficient (Wildman–Crippen LogP) is 2.81. The minimum Gasteiger partial charge on any atom is -0.453 e. The Morgan fingerprint density at radius 2 is 1.38 bits per heavy atom. The van der Waals surface area contributed by atoms with Gasteiger partial charge >= 0.3 is 31.7 Å². The molecule has 0 saturated heterocycles. The van der Waals surface area contributed by atoms with Gasteiger partial charge < -0.3 is 4.74 Å². The summed E-state index contributed by atoms with van der Waals surface area (Å²) in [5, 5.41) is 1.09. The van der Waals surface area contributed by atoms with Gasteiger partial charge in [-0.3, -0.25) is 19.2 Å². The highest BCUT2D eigenvalue weighted by atomic mass is 31.2. The van der Waals surface area contributed by atoms with Crippen LogP contribution in [-0.4, -0.2) is 44.4 Å². The van der Waals surface area contributed by atoms with Crippen LogP contribution in [0.1, 0.15) is 0 Å². The third kappa shape index (κ3) is 8.52. The van der Waals surface area contributed by atoms with Crippen LogP contribution in [0.2, 0.25) is 0 Å². The summed E-state index contributed by atoms with van der Waals surface area (Å²) in [7, 11) is -4.82. The summed E-state index contributed by atoms with van der Waals surface area (Å²) in [6.07, 6.45) is -11.8. The number of imide groups is 1. The molecule has 0 aliphatic heterocycles. The van der Waals surface area contributed by atoms with Gasteiger partial charge in [-0.1, -0.05) is 0 Å². The summed E-state index contributed by atoms with van der Waals surface area (Å²) in [5.41, 5.74) is -2.12. The van der Waals surface area contributed by atoms with Crippen molar-refractivity contribution in [2.24, 2.45) is 0 Å². The molecule has 0 bridgehead atoms. The van der Waals surface area contributed by atoms with E-state index in [9.17, 15) is 40.5 Å². The summed E-state index contributed by atoms with van der Waals surface area (Å²) in [6, 6.07) is 0. The summed E-state index contributed by atoms with van der Waals surface area (Å²) < 4.78 is 94.1. The van der Waals surface area contributed by atoms with Gasteiger partial charge in [0.1, 0.15) is 0 Å². The van der Waals surface area contributed by atoms with Crippen LogP contribution in [0.5, 0.6) is 0 Å². The van der Waals surface area contributed by atoms with Crippen LogP contribution in [-0.2, 0) is 18.3 Å². The zero-order valence-electron chi connectivity index (χ0n) is 10.1. The molecule has 0 radical (unpaired) electrons. The molecule has 124 valence electrons. The lowest BCUT2D eigenvalue weighted by atomic mass is 10.7. The Kier molecular flexibility index (Phi) is 6.64. The molecular weight excluding hydrogens is 339 g/mol. The van der Waals surface area contributed by atoms with Gasteiger partial charge in [-0.15, -0.1) is 0 Å². The summed E-state index contributed by atoms with van der Waals surface area (Å²) in [4.78, 5) is 21.8. The van der Waals surface area contributed by atoms with E-state index < -0.39 is 44.9 Å². The first-order valence-corrected chi connectivity index (χ1v) is 6.25. The second kappa shape index (κ2) is 7.09. The van der Waals surface area contributed by atoms with Crippen molar-refractivity contribution in [3.8, 4) is 0 Å². The van der Waals surface area contributed by atoms with Crippen molar-refractivity contribution < 1.29 is 54.3 Å². The van der Waals surface area contributed by atoms with Gasteiger partial charge in [-0.2, -0.15) is 26.3 Å². The van der Waals surface area contributed by atoms with E-state index in [0.29, 0.717) is 0 Å². The highest BCUT2D eigenvalue weighted by molar-refractivity contribution is 7.71. The zero-order chi connectivity index (χ0) is 16.9. The van der Waals surface area contributed by atoms with E-state index in [2.05, 4.69) is 13.8 Å². The second-order valence-corrected chi connectivity index (χ2v) is 5.11. The lowest BCUT2D eigenvalue weighted by molar-refractivity contribution is -0.164. The molecular formula is C7H8F6NO6P. The quantitative estimate of drug-likeness (QED) is 0.607. The summed E-state index contributed by atoms with van der Waals surface area (Å²) in [6.45, 7) is -4.65. The Morgan fingerprint density at radius 3 is 1.67 bits per heavy atom. The van der Waals surface area contributed by atoms with Crippen LogP contribution in [0.25, 0.3) is 0 Å². The number of carbonyl (C=O) groups is 2. The number of hydrogen-bond acceptors (Lipinski definition) is 6. The Bertz CT molecular complexity index is 412.